The second-order valence-corrected chi connectivity index (χ2v) is 7.39. The van der Waals surface area contributed by atoms with Crippen LogP contribution in [-0.4, -0.2) is 22.2 Å². The maximum atomic E-state index is 9.94. The number of phenolic OH excluding ortho intramolecular Hbond substituents is 1. The number of rotatable bonds is 5. The van der Waals surface area contributed by atoms with Crippen LogP contribution in [0, 0.1) is 0 Å². The monoisotopic (exact) mass is 426 g/mol. The Hall–Kier alpha value is -4.26. The largest absolute Gasteiger partial charge is 0.504 e. The number of H-pyrrole nitrogens is 1. The SMILES string of the molecule is CCc1ccc2oc(-c3ccc(O)c(OC)c3)c/c(=N\Nc3nc4ccccc4[nH]3)c2c1. The second-order valence-electron chi connectivity index (χ2n) is 7.39. The van der Waals surface area contributed by atoms with Crippen molar-refractivity contribution in [2.75, 3.05) is 12.5 Å². The fourth-order valence-electron chi connectivity index (χ4n) is 3.62. The van der Waals surface area contributed by atoms with E-state index in [9.17, 15) is 5.11 Å². The molecule has 3 aromatic carbocycles. The van der Waals surface area contributed by atoms with E-state index < -0.39 is 0 Å². The number of hydrogen-bond acceptors (Lipinski definition) is 6. The minimum Gasteiger partial charge on any atom is -0.504 e. The summed E-state index contributed by atoms with van der Waals surface area (Å²) in [6.45, 7) is 2.11. The highest BCUT2D eigenvalue weighted by Crippen LogP contribution is 2.32. The summed E-state index contributed by atoms with van der Waals surface area (Å²) in [5.41, 5.74) is 7.50. The first-order valence-electron chi connectivity index (χ1n) is 10.3. The van der Waals surface area contributed by atoms with E-state index in [1.807, 2.05) is 42.5 Å². The molecule has 32 heavy (non-hydrogen) atoms. The maximum Gasteiger partial charge on any atom is 0.222 e. The summed E-state index contributed by atoms with van der Waals surface area (Å²) in [5, 5.41) is 16.2. The Kier molecular flexibility index (Phi) is 4.99. The van der Waals surface area contributed by atoms with Gasteiger partial charge in [0, 0.05) is 17.0 Å². The number of anilines is 1. The van der Waals surface area contributed by atoms with Gasteiger partial charge in [0.05, 0.1) is 23.5 Å². The molecule has 7 heteroatoms. The maximum absolute atomic E-state index is 9.94. The van der Waals surface area contributed by atoms with Gasteiger partial charge in [-0.05, 0) is 54.4 Å². The second kappa shape index (κ2) is 8.11. The molecule has 0 bridgehead atoms. The number of fused-ring (bicyclic) bond motifs is 2. The van der Waals surface area contributed by atoms with E-state index in [-0.39, 0.29) is 5.75 Å². The number of aromatic hydroxyl groups is 1. The first-order chi connectivity index (χ1) is 15.6. The van der Waals surface area contributed by atoms with Crippen LogP contribution in [0.25, 0.3) is 33.3 Å². The van der Waals surface area contributed by atoms with Crippen molar-refractivity contribution in [1.29, 1.82) is 0 Å². The molecular weight excluding hydrogens is 404 g/mol. The number of imidazole rings is 1. The van der Waals surface area contributed by atoms with Crippen LogP contribution in [0.1, 0.15) is 12.5 Å². The van der Waals surface area contributed by atoms with Crippen LogP contribution in [0.4, 0.5) is 5.95 Å². The van der Waals surface area contributed by atoms with Gasteiger partial charge in [-0.15, -0.1) is 0 Å². The Balaban J connectivity index is 1.65. The van der Waals surface area contributed by atoms with Gasteiger partial charge in [0.15, 0.2) is 11.5 Å². The third-order valence-electron chi connectivity index (χ3n) is 5.35. The smallest absolute Gasteiger partial charge is 0.222 e. The van der Waals surface area contributed by atoms with Gasteiger partial charge in [-0.25, -0.2) is 10.4 Å². The molecule has 2 heterocycles. The van der Waals surface area contributed by atoms with Crippen molar-refractivity contribution in [3.05, 3.63) is 77.7 Å². The number of aromatic nitrogens is 2. The predicted octanol–water partition coefficient (Wildman–Crippen LogP) is 5.18. The van der Waals surface area contributed by atoms with Crippen LogP contribution < -0.4 is 15.5 Å². The lowest BCUT2D eigenvalue weighted by Gasteiger charge is -2.09. The van der Waals surface area contributed by atoms with Crippen molar-refractivity contribution in [1.82, 2.24) is 9.97 Å². The number of hydrogen-bond donors (Lipinski definition) is 3. The van der Waals surface area contributed by atoms with Gasteiger partial charge in [0.2, 0.25) is 5.95 Å². The molecule has 0 unspecified atom stereocenters. The van der Waals surface area contributed by atoms with Crippen molar-refractivity contribution in [3.8, 4) is 22.8 Å². The van der Waals surface area contributed by atoms with Gasteiger partial charge >= 0.3 is 0 Å². The van der Waals surface area contributed by atoms with Crippen LogP contribution in [0.3, 0.4) is 0 Å². The molecule has 2 aromatic heterocycles. The van der Waals surface area contributed by atoms with E-state index in [1.54, 1.807) is 18.2 Å². The van der Waals surface area contributed by atoms with E-state index in [2.05, 4.69) is 33.5 Å². The lowest BCUT2D eigenvalue weighted by molar-refractivity contribution is 0.373. The highest BCUT2D eigenvalue weighted by Gasteiger charge is 2.10. The highest BCUT2D eigenvalue weighted by atomic mass is 16.5. The van der Waals surface area contributed by atoms with Crippen molar-refractivity contribution < 1.29 is 14.3 Å². The van der Waals surface area contributed by atoms with Crippen LogP contribution in [-0.2, 0) is 6.42 Å². The number of benzene rings is 3. The lowest BCUT2D eigenvalue weighted by atomic mass is 10.1. The molecule has 5 rings (SSSR count). The van der Waals surface area contributed by atoms with E-state index in [1.165, 1.54) is 12.7 Å². The zero-order valence-electron chi connectivity index (χ0n) is 17.7. The number of aromatic amines is 1. The fourth-order valence-corrected chi connectivity index (χ4v) is 3.62. The minimum absolute atomic E-state index is 0.0705. The molecular formula is C25H22N4O3. The van der Waals surface area contributed by atoms with Crippen molar-refractivity contribution in [3.63, 3.8) is 0 Å². The number of nitrogens with one attached hydrogen (secondary N) is 2. The predicted molar refractivity (Wildman–Crippen MR) is 125 cm³/mol. The van der Waals surface area contributed by atoms with Gasteiger partial charge in [-0.3, -0.25) is 0 Å². The Bertz CT molecular complexity index is 1470. The van der Waals surface area contributed by atoms with Crippen LogP contribution in [0.2, 0.25) is 0 Å². The topological polar surface area (TPSA) is 95.7 Å². The van der Waals surface area contributed by atoms with Crippen molar-refractivity contribution in [2.45, 2.75) is 13.3 Å². The Morgan fingerprint density at radius 2 is 1.97 bits per heavy atom. The zero-order valence-corrected chi connectivity index (χ0v) is 17.7. The zero-order chi connectivity index (χ0) is 22.1. The van der Waals surface area contributed by atoms with Crippen molar-refractivity contribution in [2.24, 2.45) is 5.10 Å². The Morgan fingerprint density at radius 1 is 1.09 bits per heavy atom. The number of methoxy groups -OCH3 is 1. The lowest BCUT2D eigenvalue weighted by Crippen LogP contribution is -2.08. The van der Waals surface area contributed by atoms with Gasteiger partial charge in [0.1, 0.15) is 11.3 Å². The summed E-state index contributed by atoms with van der Waals surface area (Å²) >= 11 is 0. The summed E-state index contributed by atoms with van der Waals surface area (Å²) < 4.78 is 11.4. The average molecular weight is 426 g/mol. The van der Waals surface area contributed by atoms with E-state index in [0.717, 1.165) is 28.4 Å². The molecule has 5 aromatic rings. The molecule has 3 N–H and O–H groups in total. The van der Waals surface area contributed by atoms with Gasteiger partial charge in [-0.2, -0.15) is 5.10 Å². The minimum atomic E-state index is 0.0705. The molecule has 0 aliphatic heterocycles. The summed E-state index contributed by atoms with van der Waals surface area (Å²) in [7, 11) is 1.51. The van der Waals surface area contributed by atoms with Gasteiger partial charge in [-0.1, -0.05) is 25.1 Å². The molecule has 0 saturated carbocycles. The molecule has 0 spiro atoms. The molecule has 0 saturated heterocycles. The summed E-state index contributed by atoms with van der Waals surface area (Å²) in [4.78, 5) is 7.75. The number of aryl methyl sites for hydroxylation is 1. The van der Waals surface area contributed by atoms with Crippen molar-refractivity contribution >= 4 is 28.0 Å². The fraction of sp³-hybridized carbons (Fsp3) is 0.120. The third kappa shape index (κ3) is 3.65. The molecule has 0 atom stereocenters. The number of nitrogens with zero attached hydrogens (tertiary/aromatic N) is 2. The molecule has 0 amide bonds. The summed E-state index contributed by atoms with van der Waals surface area (Å²) in [6.07, 6.45) is 0.906. The molecule has 0 radical (unpaired) electrons. The molecule has 160 valence electrons. The standard InChI is InChI=1S/C25H22N4O3/c1-3-15-8-11-22-17(12-15)20(28-29-25-26-18-6-4-5-7-19(18)27-25)14-23(32-22)16-9-10-21(30)24(13-16)31-2/h4-14,30H,3H2,1-2H3,(H2,26,27,29)/b28-20+. The molecule has 0 aliphatic rings. The summed E-state index contributed by atoms with van der Waals surface area (Å²) in [6, 6.07) is 20.8. The van der Waals surface area contributed by atoms with Crippen LogP contribution >= 0.6 is 0 Å². The first-order valence-corrected chi connectivity index (χ1v) is 10.3. The average Bonchev–Trinajstić information content (AvgIpc) is 3.25. The van der Waals surface area contributed by atoms with Gasteiger partial charge in [0.25, 0.3) is 0 Å². The number of para-hydroxylation sites is 2. The third-order valence-corrected chi connectivity index (χ3v) is 5.35. The quantitative estimate of drug-likeness (QED) is 0.337. The summed E-state index contributed by atoms with van der Waals surface area (Å²) in [5.74, 6) is 1.60. The van der Waals surface area contributed by atoms with E-state index in [4.69, 9.17) is 9.15 Å². The van der Waals surface area contributed by atoms with E-state index >= 15 is 0 Å². The Labute approximate surface area is 184 Å². The molecule has 0 aliphatic carbocycles. The highest BCUT2D eigenvalue weighted by molar-refractivity contribution is 5.80. The van der Waals surface area contributed by atoms with E-state index in [0.29, 0.717) is 28.4 Å². The normalized spacial score (nSPS) is 11.9. The Morgan fingerprint density at radius 3 is 2.78 bits per heavy atom. The molecule has 7 nitrogen and oxygen atoms in total. The molecule has 0 fully saturated rings. The number of ether oxygens (including phenoxy) is 1. The number of phenols is 1. The van der Waals surface area contributed by atoms with Crippen LogP contribution in [0.15, 0.2) is 76.2 Å². The van der Waals surface area contributed by atoms with Gasteiger partial charge < -0.3 is 19.2 Å². The first kappa shape index (κ1) is 19.7. The van der Waals surface area contributed by atoms with Crippen LogP contribution in [0.5, 0.6) is 11.5 Å².